The van der Waals surface area contributed by atoms with Crippen LogP contribution < -0.4 is 10.6 Å². The second kappa shape index (κ2) is 7.59. The van der Waals surface area contributed by atoms with Crippen LogP contribution >= 0.6 is 0 Å². The number of carbonyl (C=O) groups excluding carboxylic acids is 1. The molecule has 18 heavy (non-hydrogen) atoms. The van der Waals surface area contributed by atoms with Gasteiger partial charge in [-0.3, -0.25) is 0 Å². The molecule has 1 aliphatic rings. The zero-order valence-electron chi connectivity index (χ0n) is 11.8. The lowest BCUT2D eigenvalue weighted by Gasteiger charge is -2.33. The third-order valence-electron chi connectivity index (χ3n) is 3.20. The number of urea groups is 1. The van der Waals surface area contributed by atoms with Crippen LogP contribution in [0.15, 0.2) is 0 Å². The number of amides is 2. The van der Waals surface area contributed by atoms with Crippen molar-refractivity contribution in [2.24, 2.45) is 5.92 Å². The molecule has 1 atom stereocenters. The van der Waals surface area contributed by atoms with E-state index in [2.05, 4.69) is 29.4 Å². The fraction of sp³-hybridized carbons (Fsp3) is 0.923. The maximum atomic E-state index is 11.6. The first-order valence-electron chi connectivity index (χ1n) is 6.91. The van der Waals surface area contributed by atoms with Gasteiger partial charge in [0.25, 0.3) is 0 Å². The predicted molar refractivity (Wildman–Crippen MR) is 72.5 cm³/mol. The summed E-state index contributed by atoms with van der Waals surface area (Å²) in [6.45, 7) is 9.46. The lowest BCUT2D eigenvalue weighted by atomic mass is 10.0. The van der Waals surface area contributed by atoms with Gasteiger partial charge in [0.15, 0.2) is 0 Å². The fourth-order valence-corrected chi connectivity index (χ4v) is 2.27. The molecule has 3 N–H and O–H groups in total. The normalized spacial score (nSPS) is 19.8. The van der Waals surface area contributed by atoms with Crippen molar-refractivity contribution in [2.75, 3.05) is 26.2 Å². The van der Waals surface area contributed by atoms with E-state index in [0.29, 0.717) is 5.92 Å². The fourth-order valence-electron chi connectivity index (χ4n) is 2.27. The molecule has 106 valence electrons. The van der Waals surface area contributed by atoms with Gasteiger partial charge in [0.1, 0.15) is 0 Å². The molecule has 1 rings (SSSR count). The highest BCUT2D eigenvalue weighted by molar-refractivity contribution is 5.74. The minimum atomic E-state index is -0.189. The summed E-state index contributed by atoms with van der Waals surface area (Å²) in [5.74, 6) is 0.697. The molecule has 1 heterocycles. The maximum absolute atomic E-state index is 11.6. The third-order valence-corrected chi connectivity index (χ3v) is 3.20. The second-order valence-electron chi connectivity index (χ2n) is 5.67. The Labute approximate surface area is 110 Å². The average Bonchev–Trinajstić information content (AvgIpc) is 2.30. The monoisotopic (exact) mass is 257 g/mol. The highest BCUT2D eigenvalue weighted by Crippen LogP contribution is 2.11. The van der Waals surface area contributed by atoms with Gasteiger partial charge in [-0.15, -0.1) is 0 Å². The molecule has 0 radical (unpaired) electrons. The van der Waals surface area contributed by atoms with E-state index in [1.54, 1.807) is 6.92 Å². The molecule has 0 aliphatic carbocycles. The van der Waals surface area contributed by atoms with Crippen molar-refractivity contribution in [3.8, 4) is 0 Å². The number of hydrogen-bond acceptors (Lipinski definition) is 3. The minimum Gasteiger partial charge on any atom is -0.394 e. The van der Waals surface area contributed by atoms with Crippen LogP contribution in [0.3, 0.4) is 0 Å². The Morgan fingerprint density at radius 2 is 1.94 bits per heavy atom. The molecule has 0 bridgehead atoms. The van der Waals surface area contributed by atoms with E-state index < -0.39 is 0 Å². The number of carbonyl (C=O) groups is 1. The summed E-state index contributed by atoms with van der Waals surface area (Å²) in [7, 11) is 0. The quantitative estimate of drug-likeness (QED) is 0.682. The van der Waals surface area contributed by atoms with Gasteiger partial charge in [0, 0.05) is 25.7 Å². The van der Waals surface area contributed by atoms with Crippen LogP contribution in [0.5, 0.6) is 0 Å². The Bertz CT molecular complexity index is 251. The topological polar surface area (TPSA) is 64.6 Å². The number of rotatable bonds is 5. The number of hydrogen-bond donors (Lipinski definition) is 3. The molecular weight excluding hydrogens is 230 g/mol. The van der Waals surface area contributed by atoms with E-state index in [4.69, 9.17) is 5.11 Å². The molecule has 2 amide bonds. The zero-order valence-corrected chi connectivity index (χ0v) is 11.8. The second-order valence-corrected chi connectivity index (χ2v) is 5.67. The summed E-state index contributed by atoms with van der Waals surface area (Å²) in [6, 6.07) is -0.0933. The molecule has 0 aromatic heterocycles. The third kappa shape index (κ3) is 5.69. The molecule has 0 aromatic carbocycles. The molecule has 1 fully saturated rings. The largest absolute Gasteiger partial charge is 0.394 e. The SMILES string of the molecule is CC(C)CN1CCC(NC(=O)NC(C)CO)CC1. The predicted octanol–water partition coefficient (Wildman–Crippen LogP) is 0.787. The van der Waals surface area contributed by atoms with Crippen LogP contribution in [-0.4, -0.2) is 54.4 Å². The van der Waals surface area contributed by atoms with Crippen molar-refractivity contribution < 1.29 is 9.90 Å². The van der Waals surface area contributed by atoms with Crippen molar-refractivity contribution in [2.45, 2.75) is 45.7 Å². The van der Waals surface area contributed by atoms with E-state index in [0.717, 1.165) is 32.5 Å². The van der Waals surface area contributed by atoms with Gasteiger partial charge in [0.2, 0.25) is 0 Å². The van der Waals surface area contributed by atoms with Gasteiger partial charge < -0.3 is 20.6 Å². The molecular formula is C13H27N3O2. The van der Waals surface area contributed by atoms with E-state index in [-0.39, 0.29) is 24.7 Å². The summed E-state index contributed by atoms with van der Waals surface area (Å²) < 4.78 is 0. The maximum Gasteiger partial charge on any atom is 0.315 e. The Balaban J connectivity index is 2.21. The molecule has 0 saturated carbocycles. The number of nitrogens with zero attached hydrogens (tertiary/aromatic N) is 1. The first-order chi connectivity index (χ1) is 8.51. The Kier molecular flexibility index (Phi) is 6.43. The van der Waals surface area contributed by atoms with E-state index in [1.807, 2.05) is 0 Å². The molecule has 5 nitrogen and oxygen atoms in total. The molecule has 5 heteroatoms. The van der Waals surface area contributed by atoms with Crippen LogP contribution in [0.1, 0.15) is 33.6 Å². The van der Waals surface area contributed by atoms with E-state index >= 15 is 0 Å². The van der Waals surface area contributed by atoms with Crippen LogP contribution in [0.4, 0.5) is 4.79 Å². The van der Waals surface area contributed by atoms with Crippen LogP contribution in [0.25, 0.3) is 0 Å². The number of piperidine rings is 1. The summed E-state index contributed by atoms with van der Waals surface area (Å²) >= 11 is 0. The standard InChI is InChI=1S/C13H27N3O2/c1-10(2)8-16-6-4-12(5-7-16)15-13(18)14-11(3)9-17/h10-12,17H,4-9H2,1-3H3,(H2,14,15,18). The molecule has 0 spiro atoms. The first-order valence-corrected chi connectivity index (χ1v) is 6.91. The number of aliphatic hydroxyl groups excluding tert-OH is 1. The Morgan fingerprint density at radius 1 is 1.33 bits per heavy atom. The smallest absolute Gasteiger partial charge is 0.315 e. The van der Waals surface area contributed by atoms with Crippen LogP contribution in [-0.2, 0) is 0 Å². The van der Waals surface area contributed by atoms with Gasteiger partial charge in [-0.05, 0) is 25.7 Å². The van der Waals surface area contributed by atoms with Crippen molar-refractivity contribution in [3.63, 3.8) is 0 Å². The molecule has 1 unspecified atom stereocenters. The number of nitrogens with one attached hydrogen (secondary N) is 2. The van der Waals surface area contributed by atoms with Crippen LogP contribution in [0, 0.1) is 5.92 Å². The summed E-state index contributed by atoms with van der Waals surface area (Å²) in [6.07, 6.45) is 2.02. The van der Waals surface area contributed by atoms with E-state index in [1.165, 1.54) is 0 Å². The lowest BCUT2D eigenvalue weighted by molar-refractivity contribution is 0.175. The van der Waals surface area contributed by atoms with Gasteiger partial charge in [-0.2, -0.15) is 0 Å². The van der Waals surface area contributed by atoms with Gasteiger partial charge in [-0.25, -0.2) is 4.79 Å². The van der Waals surface area contributed by atoms with Crippen molar-refractivity contribution >= 4 is 6.03 Å². The Hall–Kier alpha value is -0.810. The number of likely N-dealkylation sites (tertiary alicyclic amines) is 1. The molecule has 0 aromatic rings. The minimum absolute atomic E-state index is 0.0275. The number of aliphatic hydroxyl groups is 1. The first kappa shape index (κ1) is 15.2. The summed E-state index contributed by atoms with van der Waals surface area (Å²) in [5, 5.41) is 14.5. The zero-order chi connectivity index (χ0) is 13.5. The summed E-state index contributed by atoms with van der Waals surface area (Å²) in [5.41, 5.74) is 0. The van der Waals surface area contributed by atoms with Gasteiger partial charge in [-0.1, -0.05) is 13.8 Å². The molecule has 1 saturated heterocycles. The van der Waals surface area contributed by atoms with Crippen molar-refractivity contribution in [1.29, 1.82) is 0 Å². The van der Waals surface area contributed by atoms with E-state index in [9.17, 15) is 4.79 Å². The molecule has 1 aliphatic heterocycles. The van der Waals surface area contributed by atoms with Gasteiger partial charge >= 0.3 is 6.03 Å². The Morgan fingerprint density at radius 3 is 2.44 bits per heavy atom. The highest BCUT2D eigenvalue weighted by Gasteiger charge is 2.21. The lowest BCUT2D eigenvalue weighted by Crippen LogP contribution is -2.50. The summed E-state index contributed by atoms with van der Waals surface area (Å²) in [4.78, 5) is 14.0. The highest BCUT2D eigenvalue weighted by atomic mass is 16.3. The van der Waals surface area contributed by atoms with Crippen LogP contribution in [0.2, 0.25) is 0 Å². The van der Waals surface area contributed by atoms with Crippen molar-refractivity contribution in [3.05, 3.63) is 0 Å². The van der Waals surface area contributed by atoms with Crippen molar-refractivity contribution in [1.82, 2.24) is 15.5 Å². The van der Waals surface area contributed by atoms with Gasteiger partial charge in [0.05, 0.1) is 12.6 Å². The average molecular weight is 257 g/mol.